The summed E-state index contributed by atoms with van der Waals surface area (Å²) in [5, 5.41) is 3.59. The van der Waals surface area contributed by atoms with Gasteiger partial charge in [0.1, 0.15) is 0 Å². The van der Waals surface area contributed by atoms with Gasteiger partial charge in [0, 0.05) is 25.7 Å². The van der Waals surface area contributed by atoms with Gasteiger partial charge in [-0.1, -0.05) is 13.8 Å². The Kier molecular flexibility index (Phi) is 7.87. The number of likely N-dealkylation sites (tertiary alicyclic amines) is 1. The molecule has 1 N–H and O–H groups in total. The molecule has 0 aromatic heterocycles. The van der Waals surface area contributed by atoms with Crippen LogP contribution in [0, 0.1) is 5.92 Å². The van der Waals surface area contributed by atoms with Crippen molar-refractivity contribution in [2.24, 2.45) is 5.92 Å². The van der Waals surface area contributed by atoms with E-state index < -0.39 is 0 Å². The molecular formula is C15H33N3. The maximum absolute atomic E-state index is 3.59. The smallest absolute Gasteiger partial charge is 0.0223 e. The topological polar surface area (TPSA) is 18.5 Å². The van der Waals surface area contributed by atoms with Crippen LogP contribution in [0.3, 0.4) is 0 Å². The van der Waals surface area contributed by atoms with Crippen LogP contribution >= 0.6 is 0 Å². The Morgan fingerprint density at radius 1 is 1.28 bits per heavy atom. The summed E-state index contributed by atoms with van der Waals surface area (Å²) in [6, 6.07) is 0.789. The van der Waals surface area contributed by atoms with E-state index in [0.29, 0.717) is 0 Å². The van der Waals surface area contributed by atoms with Crippen LogP contribution in [0.4, 0.5) is 0 Å². The van der Waals surface area contributed by atoms with Gasteiger partial charge in [-0.3, -0.25) is 4.90 Å². The van der Waals surface area contributed by atoms with Crippen molar-refractivity contribution in [1.82, 2.24) is 15.1 Å². The second kappa shape index (κ2) is 8.89. The van der Waals surface area contributed by atoms with Crippen molar-refractivity contribution >= 4 is 0 Å². The molecule has 1 rings (SSSR count). The number of hydrogen-bond acceptors (Lipinski definition) is 3. The van der Waals surface area contributed by atoms with Crippen LogP contribution < -0.4 is 5.32 Å². The van der Waals surface area contributed by atoms with E-state index in [2.05, 4.69) is 43.1 Å². The predicted molar refractivity (Wildman–Crippen MR) is 80.1 cm³/mol. The zero-order valence-corrected chi connectivity index (χ0v) is 12.9. The minimum atomic E-state index is 0.789. The molecule has 0 amide bonds. The van der Waals surface area contributed by atoms with Crippen molar-refractivity contribution in [1.29, 1.82) is 0 Å². The van der Waals surface area contributed by atoms with Crippen LogP contribution in [0.15, 0.2) is 0 Å². The molecule has 18 heavy (non-hydrogen) atoms. The normalized spacial score (nSPS) is 21.3. The van der Waals surface area contributed by atoms with Crippen molar-refractivity contribution in [3.05, 3.63) is 0 Å². The first-order chi connectivity index (χ1) is 8.59. The SMILES string of the molecule is CC(C)CCCNCCN1CCCC1CN(C)C. The van der Waals surface area contributed by atoms with Crippen LogP contribution in [-0.4, -0.2) is 62.7 Å². The molecule has 0 spiro atoms. The van der Waals surface area contributed by atoms with Crippen molar-refractivity contribution in [3.63, 3.8) is 0 Å². The lowest BCUT2D eigenvalue weighted by Gasteiger charge is -2.27. The summed E-state index contributed by atoms with van der Waals surface area (Å²) in [4.78, 5) is 4.98. The highest BCUT2D eigenvalue weighted by Gasteiger charge is 2.23. The molecule has 1 unspecified atom stereocenters. The molecule has 0 aromatic carbocycles. The van der Waals surface area contributed by atoms with E-state index >= 15 is 0 Å². The lowest BCUT2D eigenvalue weighted by Crippen LogP contribution is -2.41. The summed E-state index contributed by atoms with van der Waals surface area (Å²) in [5.41, 5.74) is 0. The van der Waals surface area contributed by atoms with E-state index in [9.17, 15) is 0 Å². The van der Waals surface area contributed by atoms with Gasteiger partial charge in [0.05, 0.1) is 0 Å². The molecule has 0 aliphatic carbocycles. The van der Waals surface area contributed by atoms with Crippen molar-refractivity contribution in [3.8, 4) is 0 Å². The number of rotatable bonds is 9. The molecule has 1 fully saturated rings. The lowest BCUT2D eigenvalue weighted by atomic mass is 10.1. The molecule has 3 nitrogen and oxygen atoms in total. The van der Waals surface area contributed by atoms with Crippen molar-refractivity contribution in [2.45, 2.75) is 45.6 Å². The summed E-state index contributed by atoms with van der Waals surface area (Å²) in [7, 11) is 4.36. The average molecular weight is 255 g/mol. The van der Waals surface area contributed by atoms with E-state index in [1.807, 2.05) is 0 Å². The quantitative estimate of drug-likeness (QED) is 0.636. The van der Waals surface area contributed by atoms with E-state index in [1.165, 1.54) is 51.9 Å². The van der Waals surface area contributed by atoms with Crippen LogP contribution in [0.5, 0.6) is 0 Å². The molecule has 1 atom stereocenters. The highest BCUT2D eigenvalue weighted by Crippen LogP contribution is 2.16. The standard InChI is InChI=1S/C15H33N3/c1-14(2)7-5-9-16-10-12-18-11-6-8-15(18)13-17(3)4/h14-16H,5-13H2,1-4H3. The van der Waals surface area contributed by atoms with Gasteiger partial charge in [-0.15, -0.1) is 0 Å². The molecule has 108 valence electrons. The van der Waals surface area contributed by atoms with Gasteiger partial charge in [-0.2, -0.15) is 0 Å². The minimum absolute atomic E-state index is 0.789. The minimum Gasteiger partial charge on any atom is -0.315 e. The van der Waals surface area contributed by atoms with Crippen LogP contribution in [0.2, 0.25) is 0 Å². The second-order valence-corrected chi connectivity index (χ2v) is 6.38. The molecule has 0 bridgehead atoms. The molecule has 1 aliphatic rings. The Morgan fingerprint density at radius 3 is 2.72 bits per heavy atom. The molecule has 3 heteroatoms. The van der Waals surface area contributed by atoms with Gasteiger partial charge in [-0.05, 0) is 58.8 Å². The van der Waals surface area contributed by atoms with Gasteiger partial charge in [0.2, 0.25) is 0 Å². The summed E-state index contributed by atoms with van der Waals surface area (Å²) >= 11 is 0. The van der Waals surface area contributed by atoms with Crippen LogP contribution in [0.1, 0.15) is 39.5 Å². The molecule has 0 saturated carbocycles. The monoisotopic (exact) mass is 255 g/mol. The first-order valence-corrected chi connectivity index (χ1v) is 7.69. The molecule has 0 aromatic rings. The maximum atomic E-state index is 3.59. The first-order valence-electron chi connectivity index (χ1n) is 7.69. The fourth-order valence-corrected chi connectivity index (χ4v) is 2.80. The highest BCUT2D eigenvalue weighted by molar-refractivity contribution is 4.81. The Hall–Kier alpha value is -0.120. The average Bonchev–Trinajstić information content (AvgIpc) is 2.69. The molecule has 0 radical (unpaired) electrons. The van der Waals surface area contributed by atoms with Gasteiger partial charge in [-0.25, -0.2) is 0 Å². The van der Waals surface area contributed by atoms with Crippen LogP contribution in [-0.2, 0) is 0 Å². The first kappa shape index (κ1) is 15.9. The Balaban J connectivity index is 2.03. The Morgan fingerprint density at radius 2 is 2.06 bits per heavy atom. The van der Waals surface area contributed by atoms with Gasteiger partial charge in [0.15, 0.2) is 0 Å². The van der Waals surface area contributed by atoms with E-state index in [-0.39, 0.29) is 0 Å². The maximum Gasteiger partial charge on any atom is 0.0223 e. The van der Waals surface area contributed by atoms with E-state index in [4.69, 9.17) is 0 Å². The third-order valence-electron chi connectivity index (χ3n) is 3.79. The highest BCUT2D eigenvalue weighted by atomic mass is 15.2. The number of hydrogen-bond donors (Lipinski definition) is 1. The van der Waals surface area contributed by atoms with Crippen LogP contribution in [0.25, 0.3) is 0 Å². The fraction of sp³-hybridized carbons (Fsp3) is 1.00. The van der Waals surface area contributed by atoms with E-state index in [1.54, 1.807) is 0 Å². The second-order valence-electron chi connectivity index (χ2n) is 6.38. The van der Waals surface area contributed by atoms with Gasteiger partial charge < -0.3 is 10.2 Å². The lowest BCUT2D eigenvalue weighted by molar-refractivity contribution is 0.208. The van der Waals surface area contributed by atoms with E-state index in [0.717, 1.165) is 18.5 Å². The third-order valence-corrected chi connectivity index (χ3v) is 3.79. The van der Waals surface area contributed by atoms with Gasteiger partial charge >= 0.3 is 0 Å². The number of likely N-dealkylation sites (N-methyl/N-ethyl adjacent to an activating group) is 1. The number of nitrogens with one attached hydrogen (secondary N) is 1. The largest absolute Gasteiger partial charge is 0.315 e. The zero-order chi connectivity index (χ0) is 13.4. The summed E-state index contributed by atoms with van der Waals surface area (Å²) in [6.07, 6.45) is 5.43. The summed E-state index contributed by atoms with van der Waals surface area (Å²) in [6.45, 7) is 10.7. The fourth-order valence-electron chi connectivity index (χ4n) is 2.80. The molecule has 1 saturated heterocycles. The number of nitrogens with zero attached hydrogens (tertiary/aromatic N) is 2. The molecule has 1 aliphatic heterocycles. The molecule has 1 heterocycles. The Labute approximate surface area is 114 Å². The Bertz CT molecular complexity index is 204. The van der Waals surface area contributed by atoms with Crippen molar-refractivity contribution < 1.29 is 0 Å². The third kappa shape index (κ3) is 6.72. The zero-order valence-electron chi connectivity index (χ0n) is 12.9. The summed E-state index contributed by atoms with van der Waals surface area (Å²) < 4.78 is 0. The molecular weight excluding hydrogens is 222 g/mol. The van der Waals surface area contributed by atoms with Crippen molar-refractivity contribution in [2.75, 3.05) is 46.8 Å². The van der Waals surface area contributed by atoms with Gasteiger partial charge in [0.25, 0.3) is 0 Å². The predicted octanol–water partition coefficient (Wildman–Crippen LogP) is 2.04. The summed E-state index contributed by atoms with van der Waals surface area (Å²) in [5.74, 6) is 0.842.